The first kappa shape index (κ1) is 15.0. The minimum absolute atomic E-state index is 0.187. The van der Waals surface area contributed by atoms with E-state index in [0.717, 1.165) is 22.4 Å². The molecule has 0 aliphatic heterocycles. The van der Waals surface area contributed by atoms with Gasteiger partial charge in [-0.15, -0.1) is 0 Å². The van der Waals surface area contributed by atoms with Crippen LogP contribution in [0.5, 0.6) is 5.75 Å². The third kappa shape index (κ3) is 3.98. The second-order valence-corrected chi connectivity index (χ2v) is 4.15. The predicted molar refractivity (Wildman–Crippen MR) is 70.9 cm³/mol. The summed E-state index contributed by atoms with van der Waals surface area (Å²) >= 11 is 0. The van der Waals surface area contributed by atoms with E-state index in [-0.39, 0.29) is 13.2 Å². The number of esters is 1. The third-order valence-electron chi connectivity index (χ3n) is 2.75. The van der Waals surface area contributed by atoms with E-state index < -0.39 is 11.9 Å². The van der Waals surface area contributed by atoms with Crippen molar-refractivity contribution in [2.75, 3.05) is 13.7 Å². The van der Waals surface area contributed by atoms with E-state index in [2.05, 4.69) is 10.1 Å². The van der Waals surface area contributed by atoms with Gasteiger partial charge in [0.1, 0.15) is 5.75 Å². The molecule has 1 rings (SSSR count). The zero-order chi connectivity index (χ0) is 14.4. The monoisotopic (exact) mass is 265 g/mol. The Hall–Kier alpha value is -2.04. The van der Waals surface area contributed by atoms with E-state index in [9.17, 15) is 9.59 Å². The van der Waals surface area contributed by atoms with Crippen molar-refractivity contribution in [3.05, 3.63) is 28.8 Å². The molecular weight excluding hydrogens is 246 g/mol. The SMILES string of the molecule is CCOC(=O)C(=O)NCc1cc(C)c(OC)cc1C. The van der Waals surface area contributed by atoms with Crippen LogP contribution in [0.3, 0.4) is 0 Å². The summed E-state index contributed by atoms with van der Waals surface area (Å²) in [6.07, 6.45) is 0. The molecule has 0 heterocycles. The molecule has 0 bridgehead atoms. The van der Waals surface area contributed by atoms with Crippen LogP contribution in [0.15, 0.2) is 12.1 Å². The van der Waals surface area contributed by atoms with E-state index in [1.165, 1.54) is 0 Å². The lowest BCUT2D eigenvalue weighted by Crippen LogP contribution is -2.32. The van der Waals surface area contributed by atoms with Crippen molar-refractivity contribution < 1.29 is 19.1 Å². The first-order valence-corrected chi connectivity index (χ1v) is 6.08. The molecule has 1 aromatic carbocycles. The number of hydrogen-bond acceptors (Lipinski definition) is 4. The average Bonchev–Trinajstić information content (AvgIpc) is 2.39. The van der Waals surface area contributed by atoms with Crippen molar-refractivity contribution in [3.63, 3.8) is 0 Å². The third-order valence-corrected chi connectivity index (χ3v) is 2.75. The number of aryl methyl sites for hydroxylation is 2. The number of benzene rings is 1. The first-order chi connectivity index (χ1) is 8.99. The molecule has 0 aromatic heterocycles. The van der Waals surface area contributed by atoms with Gasteiger partial charge in [0.15, 0.2) is 0 Å². The Bertz CT molecular complexity index is 483. The topological polar surface area (TPSA) is 64.6 Å². The van der Waals surface area contributed by atoms with Crippen molar-refractivity contribution in [1.82, 2.24) is 5.32 Å². The molecular formula is C14H19NO4. The maximum absolute atomic E-state index is 11.4. The molecule has 0 saturated carbocycles. The van der Waals surface area contributed by atoms with Crippen molar-refractivity contribution in [1.29, 1.82) is 0 Å². The highest BCUT2D eigenvalue weighted by Gasteiger charge is 2.14. The summed E-state index contributed by atoms with van der Waals surface area (Å²) in [4.78, 5) is 22.6. The quantitative estimate of drug-likeness (QED) is 0.661. The van der Waals surface area contributed by atoms with Gasteiger partial charge in [-0.2, -0.15) is 0 Å². The van der Waals surface area contributed by atoms with E-state index in [1.54, 1.807) is 14.0 Å². The van der Waals surface area contributed by atoms with Gasteiger partial charge in [0.25, 0.3) is 0 Å². The van der Waals surface area contributed by atoms with Crippen LogP contribution in [0.2, 0.25) is 0 Å². The number of carbonyl (C=O) groups excluding carboxylic acids is 2. The fraction of sp³-hybridized carbons (Fsp3) is 0.429. The fourth-order valence-electron chi connectivity index (χ4n) is 1.70. The van der Waals surface area contributed by atoms with Gasteiger partial charge in [-0.3, -0.25) is 4.79 Å². The maximum atomic E-state index is 11.4. The number of rotatable bonds is 4. The minimum Gasteiger partial charge on any atom is -0.496 e. The summed E-state index contributed by atoms with van der Waals surface area (Å²) in [5, 5.41) is 2.53. The number of hydrogen-bond donors (Lipinski definition) is 1. The average molecular weight is 265 g/mol. The molecule has 0 fully saturated rings. The highest BCUT2D eigenvalue weighted by Crippen LogP contribution is 2.22. The zero-order valence-electron chi connectivity index (χ0n) is 11.7. The van der Waals surface area contributed by atoms with Gasteiger partial charge in [0.2, 0.25) is 0 Å². The molecule has 1 aromatic rings. The van der Waals surface area contributed by atoms with E-state index >= 15 is 0 Å². The second kappa shape index (κ2) is 6.78. The molecule has 0 atom stereocenters. The van der Waals surface area contributed by atoms with Gasteiger partial charge in [-0.05, 0) is 43.5 Å². The summed E-state index contributed by atoms with van der Waals surface area (Å²) < 4.78 is 9.83. The molecule has 1 N–H and O–H groups in total. The Morgan fingerprint density at radius 3 is 2.47 bits per heavy atom. The van der Waals surface area contributed by atoms with Gasteiger partial charge in [0, 0.05) is 6.54 Å². The molecule has 0 unspecified atom stereocenters. The Kier molecular flexibility index (Phi) is 5.36. The van der Waals surface area contributed by atoms with Gasteiger partial charge in [-0.1, -0.05) is 6.07 Å². The van der Waals surface area contributed by atoms with Crippen molar-refractivity contribution in [2.45, 2.75) is 27.3 Å². The van der Waals surface area contributed by atoms with Crippen LogP contribution in [0.1, 0.15) is 23.6 Å². The molecule has 0 aliphatic rings. The van der Waals surface area contributed by atoms with Crippen LogP contribution in [0.4, 0.5) is 0 Å². The number of methoxy groups -OCH3 is 1. The van der Waals surface area contributed by atoms with Crippen LogP contribution in [-0.2, 0) is 20.9 Å². The van der Waals surface area contributed by atoms with Gasteiger partial charge in [0.05, 0.1) is 13.7 Å². The largest absolute Gasteiger partial charge is 0.496 e. The van der Waals surface area contributed by atoms with Gasteiger partial charge < -0.3 is 14.8 Å². The normalized spacial score (nSPS) is 9.89. The molecule has 104 valence electrons. The molecule has 5 heteroatoms. The molecule has 0 radical (unpaired) electrons. The maximum Gasteiger partial charge on any atom is 0.396 e. The molecule has 0 saturated heterocycles. The Morgan fingerprint density at radius 2 is 1.89 bits per heavy atom. The fourth-order valence-corrected chi connectivity index (χ4v) is 1.70. The molecule has 19 heavy (non-hydrogen) atoms. The molecule has 5 nitrogen and oxygen atoms in total. The highest BCUT2D eigenvalue weighted by molar-refractivity contribution is 6.32. The lowest BCUT2D eigenvalue weighted by molar-refractivity contribution is -0.154. The van der Waals surface area contributed by atoms with Crippen molar-refractivity contribution in [3.8, 4) is 5.75 Å². The number of nitrogens with one attached hydrogen (secondary N) is 1. The smallest absolute Gasteiger partial charge is 0.396 e. The summed E-state index contributed by atoms with van der Waals surface area (Å²) in [5.74, 6) is -0.780. The van der Waals surface area contributed by atoms with Crippen molar-refractivity contribution in [2.24, 2.45) is 0 Å². The van der Waals surface area contributed by atoms with E-state index in [0.29, 0.717) is 0 Å². The van der Waals surface area contributed by atoms with E-state index in [1.807, 2.05) is 26.0 Å². The number of ether oxygens (including phenoxy) is 2. The lowest BCUT2D eigenvalue weighted by atomic mass is 10.0. The van der Waals surface area contributed by atoms with Crippen LogP contribution in [0, 0.1) is 13.8 Å². The standard InChI is InChI=1S/C14H19NO4/c1-5-19-14(17)13(16)15-8-11-6-10(3)12(18-4)7-9(11)2/h6-7H,5,8H2,1-4H3,(H,15,16). The lowest BCUT2D eigenvalue weighted by Gasteiger charge is -2.12. The van der Waals surface area contributed by atoms with Gasteiger partial charge in [-0.25, -0.2) is 4.79 Å². The van der Waals surface area contributed by atoms with Crippen LogP contribution < -0.4 is 10.1 Å². The number of amides is 1. The summed E-state index contributed by atoms with van der Waals surface area (Å²) in [6.45, 7) is 5.98. The van der Waals surface area contributed by atoms with Crippen LogP contribution >= 0.6 is 0 Å². The summed E-state index contributed by atoms with van der Waals surface area (Å²) in [7, 11) is 1.62. The zero-order valence-corrected chi connectivity index (χ0v) is 11.7. The molecule has 1 amide bonds. The summed E-state index contributed by atoms with van der Waals surface area (Å²) in [6, 6.07) is 3.83. The summed E-state index contributed by atoms with van der Waals surface area (Å²) in [5.41, 5.74) is 2.91. The van der Waals surface area contributed by atoms with Crippen molar-refractivity contribution >= 4 is 11.9 Å². The highest BCUT2D eigenvalue weighted by atomic mass is 16.5. The predicted octanol–water partition coefficient (Wildman–Crippen LogP) is 1.49. The molecule has 0 aliphatic carbocycles. The first-order valence-electron chi connectivity index (χ1n) is 6.08. The van der Waals surface area contributed by atoms with Gasteiger partial charge >= 0.3 is 11.9 Å². The second-order valence-electron chi connectivity index (χ2n) is 4.15. The molecule has 0 spiro atoms. The van der Waals surface area contributed by atoms with Crippen LogP contribution in [0.25, 0.3) is 0 Å². The van der Waals surface area contributed by atoms with E-state index in [4.69, 9.17) is 4.74 Å². The Balaban J connectivity index is 2.71. The number of carbonyl (C=O) groups is 2. The minimum atomic E-state index is -0.856. The van der Waals surface area contributed by atoms with Crippen LogP contribution in [-0.4, -0.2) is 25.6 Å². The Labute approximate surface area is 112 Å². The Morgan fingerprint density at radius 1 is 1.21 bits per heavy atom.